The zero-order valence-electron chi connectivity index (χ0n) is 20.7. The van der Waals surface area contributed by atoms with E-state index in [2.05, 4.69) is 6.92 Å². The normalized spacial score (nSPS) is 16.9. The van der Waals surface area contributed by atoms with Gasteiger partial charge in [-0.3, -0.25) is 0 Å². The van der Waals surface area contributed by atoms with Gasteiger partial charge >= 0.3 is 6.09 Å². The quantitative estimate of drug-likeness (QED) is 0.359. The molecule has 0 saturated carbocycles. The average Bonchev–Trinajstić information content (AvgIpc) is 2.84. The number of hydrogen-bond acceptors (Lipinski definition) is 4. The van der Waals surface area contributed by atoms with Crippen molar-refractivity contribution in [2.24, 2.45) is 0 Å². The highest BCUT2D eigenvalue weighted by molar-refractivity contribution is 5.70. The van der Waals surface area contributed by atoms with Crippen molar-refractivity contribution in [3.8, 4) is 11.1 Å². The van der Waals surface area contributed by atoms with E-state index < -0.39 is 0 Å². The number of halogens is 1. The lowest BCUT2D eigenvalue weighted by atomic mass is 9.82. The molecular weight excluding hydrogens is 433 g/mol. The Labute approximate surface area is 203 Å². The Balaban J connectivity index is 1.89. The van der Waals surface area contributed by atoms with Crippen molar-refractivity contribution >= 4 is 6.09 Å². The van der Waals surface area contributed by atoms with Crippen LogP contribution in [0.15, 0.2) is 42.5 Å². The lowest BCUT2D eigenvalue weighted by molar-refractivity contribution is -0.0410. The molecule has 1 heterocycles. The Morgan fingerprint density at radius 2 is 2.00 bits per heavy atom. The molecule has 0 spiro atoms. The number of benzene rings is 2. The number of amides is 1. The molecule has 0 radical (unpaired) electrons. The summed E-state index contributed by atoms with van der Waals surface area (Å²) in [7, 11) is 1.70. The van der Waals surface area contributed by atoms with Gasteiger partial charge in [-0.2, -0.15) is 0 Å². The molecule has 34 heavy (non-hydrogen) atoms. The van der Waals surface area contributed by atoms with Crippen LogP contribution in [0.3, 0.4) is 0 Å². The Morgan fingerprint density at radius 3 is 2.76 bits per heavy atom. The van der Waals surface area contributed by atoms with E-state index in [1.807, 2.05) is 37.3 Å². The summed E-state index contributed by atoms with van der Waals surface area (Å²) in [5.74, 6) is -0.300. The summed E-state index contributed by atoms with van der Waals surface area (Å²) in [6.07, 6.45) is 3.95. The van der Waals surface area contributed by atoms with Crippen LogP contribution in [0.1, 0.15) is 56.1 Å². The van der Waals surface area contributed by atoms with Crippen molar-refractivity contribution < 1.29 is 23.4 Å². The second-order valence-corrected chi connectivity index (χ2v) is 8.99. The maximum Gasteiger partial charge on any atom is 0.409 e. The van der Waals surface area contributed by atoms with Crippen molar-refractivity contribution in [3.05, 3.63) is 59.4 Å². The Bertz CT molecular complexity index is 919. The van der Waals surface area contributed by atoms with E-state index in [-0.39, 0.29) is 23.9 Å². The van der Waals surface area contributed by atoms with Crippen molar-refractivity contribution in [2.45, 2.75) is 58.0 Å². The molecule has 0 aromatic heterocycles. The topological polar surface area (TPSA) is 48.0 Å². The van der Waals surface area contributed by atoms with Gasteiger partial charge in [0.05, 0.1) is 25.9 Å². The highest BCUT2D eigenvalue weighted by Crippen LogP contribution is 2.38. The van der Waals surface area contributed by atoms with Gasteiger partial charge in [0.2, 0.25) is 0 Å². The minimum Gasteiger partial charge on any atom is -0.449 e. The number of unbranched alkanes of at least 4 members (excludes halogenated alkanes) is 2. The number of ether oxygens (including phenoxy) is 3. The molecule has 2 aromatic rings. The number of rotatable bonds is 11. The van der Waals surface area contributed by atoms with Crippen LogP contribution in [0.5, 0.6) is 0 Å². The first-order valence-corrected chi connectivity index (χ1v) is 12.4. The van der Waals surface area contributed by atoms with Gasteiger partial charge in [0.1, 0.15) is 5.82 Å². The van der Waals surface area contributed by atoms with Crippen molar-refractivity contribution in [2.75, 3.05) is 40.0 Å². The largest absolute Gasteiger partial charge is 0.449 e. The summed E-state index contributed by atoms with van der Waals surface area (Å²) in [6, 6.07) is 13.2. The Morgan fingerprint density at radius 1 is 1.18 bits per heavy atom. The standard InChI is InChI=1S/C28H38FNO4/c1-4-5-17-34-28(31)30-15-18-33-26(20-30)23(12-6-7-16-32-3)24-13-9-14-25(29)27(24)22-11-8-10-21(2)19-22/h8-11,13-14,19,23,26H,4-7,12,15-18,20H2,1-3H3. The van der Waals surface area contributed by atoms with Crippen LogP contribution in [-0.2, 0) is 14.2 Å². The lowest BCUT2D eigenvalue weighted by Crippen LogP contribution is -2.48. The molecule has 0 bridgehead atoms. The minimum absolute atomic E-state index is 0.0608. The van der Waals surface area contributed by atoms with Gasteiger partial charge in [-0.15, -0.1) is 0 Å². The van der Waals surface area contributed by atoms with E-state index in [1.165, 1.54) is 6.07 Å². The number of carbonyl (C=O) groups is 1. The summed E-state index contributed by atoms with van der Waals surface area (Å²) < 4.78 is 32.2. The zero-order valence-corrected chi connectivity index (χ0v) is 20.7. The second kappa shape index (κ2) is 13.4. The molecule has 5 nitrogen and oxygen atoms in total. The molecule has 2 unspecified atom stereocenters. The van der Waals surface area contributed by atoms with Crippen molar-refractivity contribution in [3.63, 3.8) is 0 Å². The van der Waals surface area contributed by atoms with Gasteiger partial charge in [-0.25, -0.2) is 9.18 Å². The van der Waals surface area contributed by atoms with Gasteiger partial charge in [-0.05, 0) is 43.4 Å². The van der Waals surface area contributed by atoms with E-state index in [1.54, 1.807) is 18.1 Å². The number of aryl methyl sites for hydroxylation is 1. The van der Waals surface area contributed by atoms with Crippen LogP contribution in [-0.4, -0.2) is 57.1 Å². The maximum absolute atomic E-state index is 15.3. The number of nitrogens with zero attached hydrogens (tertiary/aromatic N) is 1. The first-order chi connectivity index (χ1) is 16.5. The van der Waals surface area contributed by atoms with E-state index in [9.17, 15) is 4.79 Å². The molecule has 1 saturated heterocycles. The number of methoxy groups -OCH3 is 1. The smallest absolute Gasteiger partial charge is 0.409 e. The summed E-state index contributed by atoms with van der Waals surface area (Å²) in [4.78, 5) is 14.4. The van der Waals surface area contributed by atoms with Crippen molar-refractivity contribution in [1.82, 2.24) is 4.90 Å². The first kappa shape index (κ1) is 26.2. The molecule has 1 amide bonds. The predicted octanol–water partition coefficient (Wildman–Crippen LogP) is 6.34. The third-order valence-electron chi connectivity index (χ3n) is 6.39. The fraction of sp³-hybridized carbons (Fsp3) is 0.536. The van der Waals surface area contributed by atoms with E-state index >= 15 is 4.39 Å². The van der Waals surface area contributed by atoms with Gasteiger partial charge in [0.15, 0.2) is 0 Å². The monoisotopic (exact) mass is 471 g/mol. The van der Waals surface area contributed by atoms with E-state index in [4.69, 9.17) is 14.2 Å². The lowest BCUT2D eigenvalue weighted by Gasteiger charge is -2.37. The molecule has 6 heteroatoms. The van der Waals surface area contributed by atoms with Crippen LogP contribution in [0.2, 0.25) is 0 Å². The molecule has 3 rings (SSSR count). The molecular formula is C28H38FNO4. The van der Waals surface area contributed by atoms with Crippen LogP contribution in [0.4, 0.5) is 9.18 Å². The van der Waals surface area contributed by atoms with Crippen LogP contribution < -0.4 is 0 Å². The average molecular weight is 472 g/mol. The Hall–Kier alpha value is -2.44. The summed E-state index contributed by atoms with van der Waals surface area (Å²) in [6.45, 7) is 6.57. The highest BCUT2D eigenvalue weighted by Gasteiger charge is 2.33. The third kappa shape index (κ3) is 7.03. The molecule has 2 atom stereocenters. The fourth-order valence-corrected chi connectivity index (χ4v) is 4.59. The van der Waals surface area contributed by atoms with Gasteiger partial charge in [0, 0.05) is 31.7 Å². The summed E-state index contributed by atoms with van der Waals surface area (Å²) in [5, 5.41) is 0. The second-order valence-electron chi connectivity index (χ2n) is 8.99. The summed E-state index contributed by atoms with van der Waals surface area (Å²) in [5.41, 5.74) is 3.49. The third-order valence-corrected chi connectivity index (χ3v) is 6.39. The molecule has 1 aliphatic rings. The molecule has 0 N–H and O–H groups in total. The van der Waals surface area contributed by atoms with Crippen LogP contribution >= 0.6 is 0 Å². The molecule has 186 valence electrons. The van der Waals surface area contributed by atoms with Crippen molar-refractivity contribution in [1.29, 1.82) is 0 Å². The molecule has 0 aliphatic carbocycles. The fourth-order valence-electron chi connectivity index (χ4n) is 4.59. The van der Waals surface area contributed by atoms with Gasteiger partial charge < -0.3 is 19.1 Å². The van der Waals surface area contributed by atoms with Crippen LogP contribution in [0.25, 0.3) is 11.1 Å². The molecule has 1 aliphatic heterocycles. The summed E-state index contributed by atoms with van der Waals surface area (Å²) >= 11 is 0. The van der Waals surface area contributed by atoms with Gasteiger partial charge in [-0.1, -0.05) is 61.7 Å². The molecule has 1 fully saturated rings. The Kier molecular flexibility index (Phi) is 10.4. The highest BCUT2D eigenvalue weighted by atomic mass is 19.1. The van der Waals surface area contributed by atoms with Crippen LogP contribution in [0, 0.1) is 12.7 Å². The number of carbonyl (C=O) groups excluding carboxylic acids is 1. The SMILES string of the molecule is CCCCOC(=O)N1CCOC(C(CCCCOC)c2cccc(F)c2-c2cccc(C)c2)C1. The molecule has 2 aromatic carbocycles. The number of morpholine rings is 1. The van der Waals surface area contributed by atoms with E-state index in [0.717, 1.165) is 48.8 Å². The maximum atomic E-state index is 15.3. The number of hydrogen-bond donors (Lipinski definition) is 0. The zero-order chi connectivity index (χ0) is 24.3. The van der Waals surface area contributed by atoms with E-state index in [0.29, 0.717) is 38.5 Å². The minimum atomic E-state index is -0.293. The van der Waals surface area contributed by atoms with Gasteiger partial charge in [0.25, 0.3) is 0 Å². The first-order valence-electron chi connectivity index (χ1n) is 12.4. The predicted molar refractivity (Wildman–Crippen MR) is 133 cm³/mol.